The van der Waals surface area contributed by atoms with E-state index < -0.39 is 35.5 Å². The summed E-state index contributed by atoms with van der Waals surface area (Å²) >= 11 is 0. The second kappa shape index (κ2) is 15.2. The van der Waals surface area contributed by atoms with E-state index in [1.54, 1.807) is 12.1 Å². The summed E-state index contributed by atoms with van der Waals surface area (Å²) in [7, 11) is 0. The van der Waals surface area contributed by atoms with Gasteiger partial charge >= 0.3 is 0 Å². The molecule has 5 aromatic rings. The van der Waals surface area contributed by atoms with E-state index in [4.69, 9.17) is 0 Å². The van der Waals surface area contributed by atoms with Crippen LogP contribution in [0.5, 0.6) is 0 Å². The van der Waals surface area contributed by atoms with Gasteiger partial charge in [0.25, 0.3) is 23.7 Å². The SMILES string of the molecule is CC(=O)C(N=Nc1c(C#N)cnn1-c1ncccn1)C(=O)Nc1ccc(NC(=O)C(N=Nc2c(C#N)cnn2-c2ncccn2)C(C)=O)cc1. The number of carbonyl (C=O) groups is 4. The van der Waals surface area contributed by atoms with Gasteiger partial charge < -0.3 is 10.6 Å². The molecule has 2 N–H and O–H groups in total. The molecular weight excluding hydrogens is 648 g/mol. The number of azo groups is 2. The Labute approximate surface area is 281 Å². The first-order valence-corrected chi connectivity index (χ1v) is 14.3. The molecule has 0 spiro atoms. The largest absolute Gasteiger partial charge is 0.324 e. The maximum atomic E-state index is 13.0. The standard InChI is InChI=1S/C30H22N16O4/c1-17(47)23(41-43-25-19(13-31)15-37-45(25)29-33-9-3-10-34-29)27(49)39-21-5-7-22(8-6-21)40-28(50)24(18(2)48)42-44-26-20(14-32)16-38-46(26)30-35-11-4-12-36-30/h3-12,15-16,23-24H,1-2H3,(H,39,49)(H,40,50). The molecule has 0 saturated carbocycles. The van der Waals surface area contributed by atoms with Gasteiger partial charge in [-0.3, -0.25) is 19.2 Å². The van der Waals surface area contributed by atoms with E-state index >= 15 is 0 Å². The molecule has 4 aromatic heterocycles. The number of carbonyl (C=O) groups excluding carboxylic acids is 4. The molecule has 0 bridgehead atoms. The third kappa shape index (κ3) is 7.62. The van der Waals surface area contributed by atoms with Gasteiger partial charge in [0.05, 0.1) is 12.4 Å². The lowest BCUT2D eigenvalue weighted by atomic mass is 10.2. The molecule has 50 heavy (non-hydrogen) atoms. The molecule has 0 fully saturated rings. The highest BCUT2D eigenvalue weighted by molar-refractivity contribution is 6.11. The van der Waals surface area contributed by atoms with Crippen molar-refractivity contribution < 1.29 is 19.2 Å². The summed E-state index contributed by atoms with van der Waals surface area (Å²) in [5.41, 5.74) is 0.488. The van der Waals surface area contributed by atoms with Crippen LogP contribution >= 0.6 is 0 Å². The Kier molecular flexibility index (Phi) is 10.2. The smallest absolute Gasteiger partial charge is 0.258 e. The number of ketones is 2. The van der Waals surface area contributed by atoms with Crippen molar-refractivity contribution in [2.24, 2.45) is 20.5 Å². The second-order valence-electron chi connectivity index (χ2n) is 9.92. The van der Waals surface area contributed by atoms with Gasteiger partial charge in [0.2, 0.25) is 12.1 Å². The third-order valence-electron chi connectivity index (χ3n) is 6.43. The molecule has 2 unspecified atom stereocenters. The molecule has 4 heterocycles. The number of hydrogen-bond donors (Lipinski definition) is 2. The Morgan fingerprint density at radius 3 is 1.34 bits per heavy atom. The number of nitrogens with zero attached hydrogens (tertiary/aromatic N) is 14. The minimum Gasteiger partial charge on any atom is -0.324 e. The van der Waals surface area contributed by atoms with E-state index in [0.717, 1.165) is 23.2 Å². The van der Waals surface area contributed by atoms with Crippen LogP contribution in [0.15, 0.2) is 94.0 Å². The van der Waals surface area contributed by atoms with Gasteiger partial charge in [0, 0.05) is 36.2 Å². The number of aromatic nitrogens is 8. The van der Waals surface area contributed by atoms with Crippen molar-refractivity contribution in [3.8, 4) is 24.0 Å². The topological polar surface area (TPSA) is 277 Å². The summed E-state index contributed by atoms with van der Waals surface area (Å²) in [5.74, 6) is -2.90. The molecule has 0 aliphatic carbocycles. The molecule has 5 rings (SSSR count). The quantitative estimate of drug-likeness (QED) is 0.143. The summed E-state index contributed by atoms with van der Waals surface area (Å²) in [6, 6.07) is 9.53. The van der Waals surface area contributed by atoms with E-state index in [-0.39, 0.29) is 46.0 Å². The fraction of sp³-hybridized carbons (Fsp3) is 0.133. The Balaban J connectivity index is 1.27. The van der Waals surface area contributed by atoms with E-state index in [2.05, 4.69) is 61.2 Å². The lowest BCUT2D eigenvalue weighted by molar-refractivity contribution is -0.127. The fourth-order valence-electron chi connectivity index (χ4n) is 4.05. The summed E-state index contributed by atoms with van der Waals surface area (Å²) in [5, 5.41) is 47.8. The molecule has 246 valence electrons. The lowest BCUT2D eigenvalue weighted by Crippen LogP contribution is -2.32. The molecule has 0 radical (unpaired) electrons. The molecule has 20 nitrogen and oxygen atoms in total. The Morgan fingerprint density at radius 2 is 1.02 bits per heavy atom. The number of anilines is 2. The molecule has 0 aliphatic heterocycles. The highest BCUT2D eigenvalue weighted by atomic mass is 16.2. The first-order chi connectivity index (χ1) is 24.2. The first-order valence-electron chi connectivity index (χ1n) is 14.3. The van der Waals surface area contributed by atoms with Crippen molar-refractivity contribution in [2.75, 3.05) is 10.6 Å². The average Bonchev–Trinajstić information content (AvgIpc) is 3.73. The van der Waals surface area contributed by atoms with Crippen LogP contribution < -0.4 is 10.6 Å². The number of benzene rings is 1. The van der Waals surface area contributed by atoms with Gasteiger partial charge in [0.15, 0.2) is 23.2 Å². The van der Waals surface area contributed by atoms with Gasteiger partial charge in [-0.2, -0.15) is 40.3 Å². The number of Topliss-reactive ketones (excluding diaryl/α,β-unsaturated/α-hetero) is 2. The number of nitriles is 2. The van der Waals surface area contributed by atoms with Crippen molar-refractivity contribution >= 4 is 46.4 Å². The van der Waals surface area contributed by atoms with E-state index in [1.165, 1.54) is 61.4 Å². The summed E-state index contributed by atoms with van der Waals surface area (Å²) < 4.78 is 2.28. The number of amides is 2. The van der Waals surface area contributed by atoms with Gasteiger partial charge in [-0.1, -0.05) is 0 Å². The van der Waals surface area contributed by atoms with Crippen molar-refractivity contribution in [3.05, 3.63) is 84.7 Å². The predicted molar refractivity (Wildman–Crippen MR) is 169 cm³/mol. The summed E-state index contributed by atoms with van der Waals surface area (Å²) in [6.07, 6.45) is 8.27. The molecule has 0 aliphatic rings. The normalized spacial score (nSPS) is 12.2. The Morgan fingerprint density at radius 1 is 0.660 bits per heavy atom. The minimum absolute atomic E-state index is 0.00958. The number of nitrogens with one attached hydrogen (secondary N) is 2. The monoisotopic (exact) mass is 670 g/mol. The van der Waals surface area contributed by atoms with Crippen LogP contribution in [0.25, 0.3) is 11.9 Å². The zero-order valence-corrected chi connectivity index (χ0v) is 26.0. The second-order valence-corrected chi connectivity index (χ2v) is 9.92. The molecular formula is C30H22N16O4. The summed E-state index contributed by atoms with van der Waals surface area (Å²) in [4.78, 5) is 67.0. The van der Waals surface area contributed by atoms with Crippen LogP contribution in [0, 0.1) is 22.7 Å². The van der Waals surface area contributed by atoms with Gasteiger partial charge in [-0.05, 0) is 50.2 Å². The van der Waals surface area contributed by atoms with Crippen LogP contribution in [0.3, 0.4) is 0 Å². The third-order valence-corrected chi connectivity index (χ3v) is 6.43. The fourth-order valence-corrected chi connectivity index (χ4v) is 4.05. The highest BCUT2D eigenvalue weighted by Gasteiger charge is 2.26. The van der Waals surface area contributed by atoms with Gasteiger partial charge in [-0.15, -0.1) is 10.2 Å². The van der Waals surface area contributed by atoms with Gasteiger partial charge in [-0.25, -0.2) is 19.9 Å². The molecule has 20 heteroatoms. The van der Waals surface area contributed by atoms with Gasteiger partial charge in [0.1, 0.15) is 23.3 Å². The predicted octanol–water partition coefficient (Wildman–Crippen LogP) is 2.74. The van der Waals surface area contributed by atoms with Crippen LogP contribution in [-0.4, -0.2) is 75.0 Å². The maximum absolute atomic E-state index is 13.0. The molecule has 0 saturated heterocycles. The van der Waals surface area contributed by atoms with Crippen molar-refractivity contribution in [3.63, 3.8) is 0 Å². The van der Waals surface area contributed by atoms with Crippen molar-refractivity contribution in [2.45, 2.75) is 25.9 Å². The van der Waals surface area contributed by atoms with Crippen LogP contribution in [0.1, 0.15) is 25.0 Å². The first kappa shape index (κ1) is 33.6. The zero-order valence-electron chi connectivity index (χ0n) is 26.0. The van der Waals surface area contributed by atoms with E-state index in [0.29, 0.717) is 0 Å². The van der Waals surface area contributed by atoms with Crippen LogP contribution in [-0.2, 0) is 19.2 Å². The maximum Gasteiger partial charge on any atom is 0.258 e. The summed E-state index contributed by atoms with van der Waals surface area (Å²) in [6.45, 7) is 2.30. The van der Waals surface area contributed by atoms with Crippen molar-refractivity contribution in [1.29, 1.82) is 10.5 Å². The van der Waals surface area contributed by atoms with Crippen molar-refractivity contribution in [1.82, 2.24) is 39.5 Å². The Hall–Kier alpha value is -7.74. The zero-order chi connectivity index (χ0) is 35.6. The minimum atomic E-state index is -1.59. The number of hydrogen-bond acceptors (Lipinski definition) is 16. The molecule has 2 atom stereocenters. The van der Waals surface area contributed by atoms with E-state index in [9.17, 15) is 29.7 Å². The number of rotatable bonds is 12. The average molecular weight is 671 g/mol. The van der Waals surface area contributed by atoms with Crippen LogP contribution in [0.2, 0.25) is 0 Å². The van der Waals surface area contributed by atoms with Crippen LogP contribution in [0.4, 0.5) is 23.0 Å². The Bertz CT molecular complexity index is 2040. The molecule has 2 amide bonds. The lowest BCUT2D eigenvalue weighted by Gasteiger charge is -2.12. The van der Waals surface area contributed by atoms with E-state index in [1.807, 2.05) is 12.1 Å². The highest BCUT2D eigenvalue weighted by Crippen LogP contribution is 2.24. The molecule has 1 aromatic carbocycles.